The summed E-state index contributed by atoms with van der Waals surface area (Å²) < 4.78 is 89.3. The Morgan fingerprint density at radius 3 is 1.03 bits per heavy atom. The molecule has 0 N–H and O–H groups in total. The summed E-state index contributed by atoms with van der Waals surface area (Å²) in [5, 5.41) is 0. The topological polar surface area (TPSA) is 0 Å². The fraction of sp³-hybridized carbons (Fsp3) is 0.478. The molecule has 0 amide bonds. The number of benzene rings is 2. The first-order chi connectivity index (χ1) is 13.3. The molecule has 2 unspecified atom stereocenters. The van der Waals surface area contributed by atoms with Crippen LogP contribution in [-0.2, 0) is 10.8 Å². The van der Waals surface area contributed by atoms with E-state index in [0.29, 0.717) is 0 Å². The predicted octanol–water partition coefficient (Wildman–Crippen LogP) is 7.83. The van der Waals surface area contributed by atoms with Gasteiger partial charge in [0.1, 0.15) is 0 Å². The van der Waals surface area contributed by atoms with Crippen LogP contribution < -0.4 is 0 Å². The Hall–Kier alpha value is -1.98. The second kappa shape index (κ2) is 7.69. The van der Waals surface area contributed by atoms with Crippen LogP contribution >= 0.6 is 0 Å². The van der Waals surface area contributed by atoms with Crippen molar-refractivity contribution in [1.29, 1.82) is 0 Å². The zero-order valence-corrected chi connectivity index (χ0v) is 17.0. The zero-order chi connectivity index (χ0) is 22.1. The van der Waals surface area contributed by atoms with Crippen LogP contribution in [0.1, 0.15) is 51.7 Å². The van der Waals surface area contributed by atoms with Crippen LogP contribution in [0.5, 0.6) is 0 Å². The average Bonchev–Trinajstić information content (AvgIpc) is 2.67. The number of alkyl halides is 6. The Morgan fingerprint density at radius 1 is 0.552 bits per heavy atom. The molecule has 0 aliphatic carbocycles. The van der Waals surface area contributed by atoms with Crippen LogP contribution in [0.25, 0.3) is 0 Å². The molecular weight excluding hydrogens is 390 g/mol. The van der Waals surface area contributed by atoms with Crippen LogP contribution in [0, 0.1) is 5.41 Å². The van der Waals surface area contributed by atoms with Crippen molar-refractivity contribution in [3.8, 4) is 0 Å². The van der Waals surface area contributed by atoms with Crippen LogP contribution in [0.4, 0.5) is 26.3 Å². The van der Waals surface area contributed by atoms with Gasteiger partial charge in [-0.25, -0.2) is 0 Å². The quantitative estimate of drug-likeness (QED) is 0.421. The number of rotatable bonds is 6. The molecule has 2 aromatic rings. The number of halogens is 6. The van der Waals surface area contributed by atoms with Gasteiger partial charge in [-0.15, -0.1) is 0 Å². The SMILES string of the molecule is CCC(C)(c1ccccc1)C(C(F)(F)F)(C(F)(F)F)C(C)(CC)c1ccccc1. The third kappa shape index (κ3) is 3.24. The molecule has 0 bridgehead atoms. The molecule has 0 aliphatic heterocycles. The van der Waals surface area contributed by atoms with Crippen molar-refractivity contribution in [3.05, 3.63) is 71.8 Å². The summed E-state index contributed by atoms with van der Waals surface area (Å²) in [6, 6.07) is 14.5. The normalized spacial score (nSPS) is 17.4. The maximum Gasteiger partial charge on any atom is 0.404 e. The maximum atomic E-state index is 14.9. The molecular formula is C23H26F6. The molecule has 0 saturated heterocycles. The van der Waals surface area contributed by atoms with Crippen LogP contribution in [0.3, 0.4) is 0 Å². The number of hydrogen-bond donors (Lipinski definition) is 0. The summed E-state index contributed by atoms with van der Waals surface area (Å²) in [7, 11) is 0. The van der Waals surface area contributed by atoms with Gasteiger partial charge in [0.05, 0.1) is 0 Å². The molecule has 0 aromatic heterocycles. The monoisotopic (exact) mass is 416 g/mol. The van der Waals surface area contributed by atoms with Gasteiger partial charge >= 0.3 is 12.4 Å². The molecule has 29 heavy (non-hydrogen) atoms. The van der Waals surface area contributed by atoms with E-state index in [9.17, 15) is 26.3 Å². The van der Waals surface area contributed by atoms with Crippen molar-refractivity contribution in [2.24, 2.45) is 5.41 Å². The van der Waals surface area contributed by atoms with E-state index in [-0.39, 0.29) is 24.0 Å². The first-order valence-corrected chi connectivity index (χ1v) is 9.58. The molecule has 6 heteroatoms. The van der Waals surface area contributed by atoms with Gasteiger partial charge in [0.25, 0.3) is 0 Å². The highest BCUT2D eigenvalue weighted by Crippen LogP contribution is 2.70. The van der Waals surface area contributed by atoms with E-state index in [2.05, 4.69) is 0 Å². The fourth-order valence-electron chi connectivity index (χ4n) is 5.00. The maximum absolute atomic E-state index is 14.9. The van der Waals surface area contributed by atoms with Gasteiger partial charge in [0.2, 0.25) is 0 Å². The standard InChI is InChI=1S/C23H26F6/c1-5-19(3,17-13-9-7-10-14-17)21(22(24,25)26,23(27,28)29)20(4,6-2)18-15-11-8-12-16-18/h7-16H,5-6H2,1-4H3. The minimum Gasteiger partial charge on any atom is -0.170 e. The molecule has 0 fully saturated rings. The molecule has 2 rings (SSSR count). The molecule has 0 spiro atoms. The van der Waals surface area contributed by atoms with Gasteiger partial charge in [-0.05, 0) is 24.0 Å². The van der Waals surface area contributed by atoms with Crippen LogP contribution in [0.15, 0.2) is 60.7 Å². The summed E-state index contributed by atoms with van der Waals surface area (Å²) in [6.07, 6.45) is -11.8. The van der Waals surface area contributed by atoms with Crippen molar-refractivity contribution in [3.63, 3.8) is 0 Å². The van der Waals surface area contributed by atoms with Crippen LogP contribution in [-0.4, -0.2) is 12.4 Å². The van der Waals surface area contributed by atoms with E-state index in [1.807, 2.05) is 0 Å². The summed E-state index contributed by atoms with van der Waals surface area (Å²) in [6.45, 7) is 4.97. The first-order valence-electron chi connectivity index (χ1n) is 9.58. The minimum absolute atomic E-state index is 0.0211. The summed E-state index contributed by atoms with van der Waals surface area (Å²) >= 11 is 0. The van der Waals surface area contributed by atoms with Gasteiger partial charge in [0.15, 0.2) is 5.41 Å². The van der Waals surface area contributed by atoms with E-state index in [0.717, 1.165) is 13.8 Å². The third-order valence-corrected chi connectivity index (χ3v) is 6.74. The Bertz CT molecular complexity index is 724. The molecule has 0 aliphatic rings. The Kier molecular flexibility index (Phi) is 6.18. The van der Waals surface area contributed by atoms with Crippen LogP contribution in [0.2, 0.25) is 0 Å². The lowest BCUT2D eigenvalue weighted by Gasteiger charge is -2.59. The highest BCUT2D eigenvalue weighted by Gasteiger charge is 2.83. The smallest absolute Gasteiger partial charge is 0.170 e. The fourth-order valence-corrected chi connectivity index (χ4v) is 5.00. The minimum atomic E-state index is -5.55. The zero-order valence-electron chi connectivity index (χ0n) is 17.0. The molecule has 0 saturated carbocycles. The lowest BCUT2D eigenvalue weighted by Crippen LogP contribution is -2.70. The summed E-state index contributed by atoms with van der Waals surface area (Å²) in [4.78, 5) is 0. The van der Waals surface area contributed by atoms with Crippen molar-refractivity contribution < 1.29 is 26.3 Å². The van der Waals surface area contributed by atoms with E-state index in [4.69, 9.17) is 0 Å². The predicted molar refractivity (Wildman–Crippen MR) is 103 cm³/mol. The van der Waals surface area contributed by atoms with Crippen molar-refractivity contribution >= 4 is 0 Å². The van der Waals surface area contributed by atoms with Crippen molar-refractivity contribution in [2.45, 2.75) is 63.7 Å². The van der Waals surface area contributed by atoms with E-state index in [1.54, 1.807) is 12.1 Å². The van der Waals surface area contributed by atoms with E-state index in [1.165, 1.54) is 62.4 Å². The van der Waals surface area contributed by atoms with Gasteiger partial charge in [-0.3, -0.25) is 0 Å². The van der Waals surface area contributed by atoms with Gasteiger partial charge < -0.3 is 0 Å². The second-order valence-electron chi connectivity index (χ2n) is 7.85. The van der Waals surface area contributed by atoms with Gasteiger partial charge in [0, 0.05) is 10.8 Å². The Balaban J connectivity index is 3.09. The Morgan fingerprint density at radius 2 is 0.828 bits per heavy atom. The summed E-state index contributed by atoms with van der Waals surface area (Å²) in [5.74, 6) is 0. The number of hydrogen-bond acceptors (Lipinski definition) is 0. The molecule has 2 aromatic carbocycles. The highest BCUT2D eigenvalue weighted by molar-refractivity contribution is 5.39. The lowest BCUT2D eigenvalue weighted by atomic mass is 9.45. The molecule has 160 valence electrons. The molecule has 0 heterocycles. The van der Waals surface area contributed by atoms with E-state index < -0.39 is 28.6 Å². The van der Waals surface area contributed by atoms with Gasteiger partial charge in [-0.2, -0.15) is 26.3 Å². The molecule has 2 atom stereocenters. The second-order valence-corrected chi connectivity index (χ2v) is 7.85. The summed E-state index contributed by atoms with van der Waals surface area (Å²) in [5.41, 5.74) is -8.45. The van der Waals surface area contributed by atoms with Gasteiger partial charge in [-0.1, -0.05) is 88.4 Å². The van der Waals surface area contributed by atoms with Crippen molar-refractivity contribution in [1.82, 2.24) is 0 Å². The van der Waals surface area contributed by atoms with E-state index >= 15 is 0 Å². The first kappa shape index (κ1) is 23.3. The largest absolute Gasteiger partial charge is 0.404 e. The molecule has 0 nitrogen and oxygen atoms in total. The van der Waals surface area contributed by atoms with Crippen molar-refractivity contribution in [2.75, 3.05) is 0 Å². The molecule has 0 radical (unpaired) electrons. The Labute approximate surface area is 167 Å². The third-order valence-electron chi connectivity index (χ3n) is 6.74. The lowest BCUT2D eigenvalue weighted by molar-refractivity contribution is -0.386. The highest BCUT2D eigenvalue weighted by atomic mass is 19.4. The average molecular weight is 416 g/mol.